The van der Waals surface area contributed by atoms with Gasteiger partial charge in [0.2, 0.25) is 10.0 Å². The van der Waals surface area contributed by atoms with Gasteiger partial charge in [-0.15, -0.1) is 0 Å². The van der Waals surface area contributed by atoms with Gasteiger partial charge in [-0.3, -0.25) is 9.78 Å². The third-order valence-electron chi connectivity index (χ3n) is 4.26. The maximum atomic E-state index is 12.7. The molecule has 1 aliphatic rings. The lowest BCUT2D eigenvalue weighted by Crippen LogP contribution is -2.40. The van der Waals surface area contributed by atoms with Gasteiger partial charge >= 0.3 is 5.97 Å². The SMILES string of the molecule is CC(OC(=O)c1cccnc1)C(=O)Nc1cccc(S(=O)(=O)N2CCOCC2)c1. The maximum Gasteiger partial charge on any atom is 0.340 e. The Morgan fingerprint density at radius 3 is 2.66 bits per heavy atom. The largest absolute Gasteiger partial charge is 0.449 e. The number of amides is 1. The highest BCUT2D eigenvalue weighted by Crippen LogP contribution is 2.21. The molecular formula is C19H21N3O6S. The van der Waals surface area contributed by atoms with Crippen LogP contribution in [0, 0.1) is 0 Å². The second-order valence-corrected chi connectivity index (χ2v) is 8.26. The monoisotopic (exact) mass is 419 g/mol. The molecule has 10 heteroatoms. The summed E-state index contributed by atoms with van der Waals surface area (Å²) >= 11 is 0. The summed E-state index contributed by atoms with van der Waals surface area (Å²) in [7, 11) is -3.69. The molecule has 1 N–H and O–H groups in total. The molecule has 1 aromatic heterocycles. The molecule has 1 aromatic carbocycles. The number of nitrogens with zero attached hydrogens (tertiary/aromatic N) is 2. The second-order valence-electron chi connectivity index (χ2n) is 6.32. The first-order chi connectivity index (χ1) is 13.9. The van der Waals surface area contributed by atoms with Gasteiger partial charge in [0.25, 0.3) is 5.91 Å². The molecule has 0 bridgehead atoms. The van der Waals surface area contributed by atoms with Gasteiger partial charge in [0.05, 0.1) is 23.7 Å². The molecule has 0 spiro atoms. The zero-order valence-electron chi connectivity index (χ0n) is 15.8. The molecule has 2 aromatic rings. The first-order valence-electron chi connectivity index (χ1n) is 8.98. The van der Waals surface area contributed by atoms with Crippen LogP contribution in [0.2, 0.25) is 0 Å². The minimum absolute atomic E-state index is 0.0669. The topological polar surface area (TPSA) is 115 Å². The molecule has 1 saturated heterocycles. The molecule has 1 fully saturated rings. The smallest absolute Gasteiger partial charge is 0.340 e. The van der Waals surface area contributed by atoms with Crippen LogP contribution in [0.1, 0.15) is 17.3 Å². The highest BCUT2D eigenvalue weighted by molar-refractivity contribution is 7.89. The molecule has 29 heavy (non-hydrogen) atoms. The van der Waals surface area contributed by atoms with Crippen molar-refractivity contribution in [3.8, 4) is 0 Å². The van der Waals surface area contributed by atoms with E-state index in [9.17, 15) is 18.0 Å². The van der Waals surface area contributed by atoms with E-state index in [1.54, 1.807) is 12.1 Å². The Morgan fingerprint density at radius 1 is 1.21 bits per heavy atom. The van der Waals surface area contributed by atoms with E-state index in [2.05, 4.69) is 10.3 Å². The number of hydrogen-bond acceptors (Lipinski definition) is 7. The van der Waals surface area contributed by atoms with E-state index in [0.717, 1.165) is 0 Å². The van der Waals surface area contributed by atoms with Crippen molar-refractivity contribution in [1.29, 1.82) is 0 Å². The van der Waals surface area contributed by atoms with Gasteiger partial charge < -0.3 is 14.8 Å². The van der Waals surface area contributed by atoms with Crippen LogP contribution in [-0.2, 0) is 24.3 Å². The molecule has 1 amide bonds. The molecule has 2 heterocycles. The Bertz CT molecular complexity index is 974. The summed E-state index contributed by atoms with van der Waals surface area (Å²) in [6.07, 6.45) is 1.78. The van der Waals surface area contributed by atoms with Crippen LogP contribution in [0.25, 0.3) is 0 Å². The number of rotatable bonds is 6. The zero-order chi connectivity index (χ0) is 20.9. The van der Waals surface area contributed by atoms with Gasteiger partial charge in [0.1, 0.15) is 0 Å². The molecule has 0 saturated carbocycles. The van der Waals surface area contributed by atoms with Crippen LogP contribution >= 0.6 is 0 Å². The van der Waals surface area contributed by atoms with E-state index in [0.29, 0.717) is 13.2 Å². The van der Waals surface area contributed by atoms with E-state index >= 15 is 0 Å². The minimum atomic E-state index is -3.69. The summed E-state index contributed by atoms with van der Waals surface area (Å²) in [5, 5.41) is 2.57. The van der Waals surface area contributed by atoms with Gasteiger partial charge in [-0.2, -0.15) is 4.31 Å². The van der Waals surface area contributed by atoms with Crippen LogP contribution in [0.15, 0.2) is 53.7 Å². The molecule has 0 radical (unpaired) electrons. The fraction of sp³-hybridized carbons (Fsp3) is 0.316. The molecule has 154 valence electrons. The van der Waals surface area contributed by atoms with Gasteiger partial charge in [0.15, 0.2) is 6.10 Å². The Balaban J connectivity index is 1.66. The number of esters is 1. The van der Waals surface area contributed by atoms with Gasteiger partial charge in [-0.25, -0.2) is 13.2 Å². The summed E-state index contributed by atoms with van der Waals surface area (Å²) in [5.74, 6) is -1.26. The summed E-state index contributed by atoms with van der Waals surface area (Å²) in [5.41, 5.74) is 0.513. The molecule has 9 nitrogen and oxygen atoms in total. The number of nitrogens with one attached hydrogen (secondary N) is 1. The van der Waals surface area contributed by atoms with Crippen molar-refractivity contribution in [2.24, 2.45) is 0 Å². The summed E-state index contributed by atoms with van der Waals surface area (Å²) < 4.78 is 37.2. The molecule has 1 aliphatic heterocycles. The lowest BCUT2D eigenvalue weighted by molar-refractivity contribution is -0.123. The van der Waals surface area contributed by atoms with Crippen molar-refractivity contribution in [3.63, 3.8) is 0 Å². The number of morpholine rings is 1. The second kappa shape index (κ2) is 9.12. The number of pyridine rings is 1. The van der Waals surface area contributed by atoms with Crippen molar-refractivity contribution < 1.29 is 27.5 Å². The number of ether oxygens (including phenoxy) is 2. The number of aromatic nitrogens is 1. The predicted octanol–water partition coefficient (Wildman–Crippen LogP) is 1.29. The van der Waals surface area contributed by atoms with E-state index < -0.39 is 28.0 Å². The lowest BCUT2D eigenvalue weighted by Gasteiger charge is -2.26. The third kappa shape index (κ3) is 5.17. The number of sulfonamides is 1. The summed E-state index contributed by atoms with van der Waals surface area (Å²) in [4.78, 5) is 28.3. The number of carbonyl (C=O) groups is 2. The van der Waals surface area contributed by atoms with Crippen LogP contribution in [0.5, 0.6) is 0 Å². The third-order valence-corrected chi connectivity index (χ3v) is 6.15. The molecular weight excluding hydrogens is 398 g/mol. The van der Waals surface area contributed by atoms with Gasteiger partial charge in [-0.1, -0.05) is 6.07 Å². The summed E-state index contributed by atoms with van der Waals surface area (Å²) in [6, 6.07) is 9.05. The van der Waals surface area contributed by atoms with E-state index in [4.69, 9.17) is 9.47 Å². The van der Waals surface area contributed by atoms with Crippen molar-refractivity contribution in [2.75, 3.05) is 31.6 Å². The first-order valence-corrected chi connectivity index (χ1v) is 10.4. The number of carbonyl (C=O) groups excluding carboxylic acids is 2. The Labute approximate surface area is 168 Å². The Kier molecular flexibility index (Phi) is 6.57. The number of benzene rings is 1. The van der Waals surface area contributed by atoms with Crippen molar-refractivity contribution in [3.05, 3.63) is 54.4 Å². The lowest BCUT2D eigenvalue weighted by atomic mass is 10.2. The zero-order valence-corrected chi connectivity index (χ0v) is 16.6. The van der Waals surface area contributed by atoms with Crippen molar-refractivity contribution >= 4 is 27.6 Å². The highest BCUT2D eigenvalue weighted by atomic mass is 32.2. The molecule has 1 unspecified atom stereocenters. The normalized spacial score (nSPS) is 16.0. The molecule has 3 rings (SSSR count). The predicted molar refractivity (Wildman–Crippen MR) is 104 cm³/mol. The molecule has 0 aliphatic carbocycles. The van der Waals surface area contributed by atoms with Crippen molar-refractivity contribution in [2.45, 2.75) is 17.9 Å². The summed E-state index contributed by atoms with van der Waals surface area (Å²) in [6.45, 7) is 2.67. The fourth-order valence-corrected chi connectivity index (χ4v) is 4.13. The van der Waals surface area contributed by atoms with Crippen LogP contribution in [0.3, 0.4) is 0 Å². The minimum Gasteiger partial charge on any atom is -0.449 e. The van der Waals surface area contributed by atoms with Crippen LogP contribution in [-0.4, -0.2) is 62.0 Å². The average molecular weight is 419 g/mol. The van der Waals surface area contributed by atoms with E-state index in [1.807, 2.05) is 0 Å². The quantitative estimate of drug-likeness (QED) is 0.702. The van der Waals surface area contributed by atoms with E-state index in [1.165, 1.54) is 47.9 Å². The van der Waals surface area contributed by atoms with Crippen LogP contribution in [0.4, 0.5) is 5.69 Å². The fourth-order valence-electron chi connectivity index (χ4n) is 2.68. The highest BCUT2D eigenvalue weighted by Gasteiger charge is 2.27. The first kappa shape index (κ1) is 20.9. The average Bonchev–Trinajstić information content (AvgIpc) is 2.75. The van der Waals surface area contributed by atoms with Gasteiger partial charge in [0, 0.05) is 31.2 Å². The van der Waals surface area contributed by atoms with Crippen molar-refractivity contribution in [1.82, 2.24) is 9.29 Å². The standard InChI is InChI=1S/C19H21N3O6S/c1-14(28-19(24)15-4-3-7-20-13-15)18(23)21-16-5-2-6-17(12-16)29(25,26)22-8-10-27-11-9-22/h2-7,12-14H,8-11H2,1H3,(H,21,23). The van der Waals surface area contributed by atoms with Gasteiger partial charge in [-0.05, 0) is 37.3 Å². The number of hydrogen-bond donors (Lipinski definition) is 1. The number of anilines is 1. The molecule has 1 atom stereocenters. The van der Waals surface area contributed by atoms with Crippen LogP contribution < -0.4 is 5.32 Å². The maximum absolute atomic E-state index is 12.7. The Hall–Kier alpha value is -2.82. The van der Waals surface area contributed by atoms with E-state index in [-0.39, 0.29) is 29.2 Å². The Morgan fingerprint density at radius 2 is 1.97 bits per heavy atom.